The van der Waals surface area contributed by atoms with Gasteiger partial charge in [-0.05, 0) is 31.9 Å². The summed E-state index contributed by atoms with van der Waals surface area (Å²) in [5.74, 6) is 0.432. The molecule has 0 amide bonds. The summed E-state index contributed by atoms with van der Waals surface area (Å²) in [4.78, 5) is 11.9. The van der Waals surface area contributed by atoms with Crippen LogP contribution in [0, 0.1) is 5.92 Å². The van der Waals surface area contributed by atoms with Crippen molar-refractivity contribution in [3.8, 4) is 0 Å². The van der Waals surface area contributed by atoms with E-state index in [4.69, 9.17) is 0 Å². The van der Waals surface area contributed by atoms with Crippen LogP contribution in [0.3, 0.4) is 0 Å². The molecule has 1 rings (SSSR count). The molecule has 0 aliphatic carbocycles. The lowest BCUT2D eigenvalue weighted by Gasteiger charge is -2.24. The van der Waals surface area contributed by atoms with Crippen molar-refractivity contribution in [3.05, 3.63) is 24.0 Å². The number of aliphatic hydroxyl groups is 1. The second kappa shape index (κ2) is 5.05. The van der Waals surface area contributed by atoms with Crippen molar-refractivity contribution < 1.29 is 9.90 Å². The lowest BCUT2D eigenvalue weighted by molar-refractivity contribution is -0.134. The third-order valence-electron chi connectivity index (χ3n) is 3.26. The number of ketones is 1. The largest absolute Gasteiger partial charge is 0.383 e. The minimum Gasteiger partial charge on any atom is -0.383 e. The molecule has 3 heteroatoms. The predicted octanol–water partition coefficient (Wildman–Crippen LogP) is 2.49. The van der Waals surface area contributed by atoms with Gasteiger partial charge in [0, 0.05) is 31.3 Å². The van der Waals surface area contributed by atoms with Gasteiger partial charge in [0.15, 0.2) is 5.78 Å². The van der Waals surface area contributed by atoms with Crippen LogP contribution < -0.4 is 0 Å². The van der Waals surface area contributed by atoms with Gasteiger partial charge < -0.3 is 9.67 Å². The smallest absolute Gasteiger partial charge is 0.164 e. The number of hydrogen-bond donors (Lipinski definition) is 1. The van der Waals surface area contributed by atoms with Gasteiger partial charge in [0.1, 0.15) is 5.60 Å². The van der Waals surface area contributed by atoms with E-state index >= 15 is 0 Å². The number of carbonyl (C=O) groups is 1. The quantitative estimate of drug-likeness (QED) is 0.855. The molecule has 0 bridgehead atoms. The molecular weight excluding hydrogens is 214 g/mol. The van der Waals surface area contributed by atoms with Crippen molar-refractivity contribution in [1.82, 2.24) is 4.57 Å². The second-order valence-electron chi connectivity index (χ2n) is 5.58. The Morgan fingerprint density at radius 2 is 2.06 bits per heavy atom. The van der Waals surface area contributed by atoms with E-state index in [2.05, 4.69) is 13.8 Å². The van der Waals surface area contributed by atoms with Crippen LogP contribution in [-0.4, -0.2) is 21.1 Å². The molecule has 0 radical (unpaired) electrons. The molecule has 96 valence electrons. The minimum atomic E-state index is -1.24. The van der Waals surface area contributed by atoms with Gasteiger partial charge in [0.05, 0.1) is 0 Å². The van der Waals surface area contributed by atoms with Crippen molar-refractivity contribution in [1.29, 1.82) is 0 Å². The van der Waals surface area contributed by atoms with E-state index in [1.54, 1.807) is 13.8 Å². The fourth-order valence-electron chi connectivity index (χ4n) is 1.99. The summed E-state index contributed by atoms with van der Waals surface area (Å²) >= 11 is 0. The first kappa shape index (κ1) is 14.0. The minimum absolute atomic E-state index is 0.0996. The standard InChI is InChI=1S/C14H23NO2/c1-10(2)11(9-13(16)14(3,4)17)12-7-6-8-15(12)5/h6-8,10-11,17H,9H2,1-5H3/t11-/m0/s1. The van der Waals surface area contributed by atoms with Gasteiger partial charge in [-0.2, -0.15) is 0 Å². The Bertz CT molecular complexity index is 385. The number of carbonyl (C=O) groups excluding carboxylic acids is 1. The Morgan fingerprint density at radius 3 is 2.41 bits per heavy atom. The molecule has 0 aliphatic rings. The zero-order valence-electron chi connectivity index (χ0n) is 11.4. The maximum absolute atomic E-state index is 11.9. The van der Waals surface area contributed by atoms with Gasteiger partial charge in [0.25, 0.3) is 0 Å². The molecule has 0 unspecified atom stereocenters. The highest BCUT2D eigenvalue weighted by Gasteiger charge is 2.29. The first-order valence-corrected chi connectivity index (χ1v) is 6.10. The predicted molar refractivity (Wildman–Crippen MR) is 68.9 cm³/mol. The van der Waals surface area contributed by atoms with E-state index in [0.29, 0.717) is 12.3 Å². The molecule has 0 spiro atoms. The Balaban J connectivity index is 2.90. The van der Waals surface area contributed by atoms with Crippen molar-refractivity contribution in [2.45, 2.75) is 45.6 Å². The zero-order valence-corrected chi connectivity index (χ0v) is 11.4. The van der Waals surface area contributed by atoms with E-state index in [0.717, 1.165) is 5.69 Å². The van der Waals surface area contributed by atoms with Crippen LogP contribution in [0.25, 0.3) is 0 Å². The first-order valence-electron chi connectivity index (χ1n) is 6.10. The molecule has 17 heavy (non-hydrogen) atoms. The zero-order chi connectivity index (χ0) is 13.2. The van der Waals surface area contributed by atoms with Crippen LogP contribution in [0.2, 0.25) is 0 Å². The van der Waals surface area contributed by atoms with Gasteiger partial charge in [-0.25, -0.2) is 0 Å². The number of aromatic nitrogens is 1. The monoisotopic (exact) mass is 237 g/mol. The summed E-state index contributed by atoms with van der Waals surface area (Å²) in [5, 5.41) is 9.73. The molecule has 1 aromatic rings. The van der Waals surface area contributed by atoms with Gasteiger partial charge in [-0.1, -0.05) is 13.8 Å². The topological polar surface area (TPSA) is 42.2 Å². The maximum Gasteiger partial charge on any atom is 0.164 e. The molecule has 0 aliphatic heterocycles. The number of Topliss-reactive ketones (excluding diaryl/α,β-unsaturated/α-hetero) is 1. The number of nitrogens with zero attached hydrogens (tertiary/aromatic N) is 1. The lowest BCUT2D eigenvalue weighted by atomic mass is 9.84. The van der Waals surface area contributed by atoms with Crippen molar-refractivity contribution in [2.24, 2.45) is 13.0 Å². The Morgan fingerprint density at radius 1 is 1.47 bits per heavy atom. The molecule has 1 heterocycles. The van der Waals surface area contributed by atoms with Crippen LogP contribution in [-0.2, 0) is 11.8 Å². The molecule has 0 saturated carbocycles. The highest BCUT2D eigenvalue weighted by Crippen LogP contribution is 2.29. The third-order valence-corrected chi connectivity index (χ3v) is 3.26. The van der Waals surface area contributed by atoms with E-state index in [1.165, 1.54) is 0 Å². The molecule has 3 nitrogen and oxygen atoms in total. The Hall–Kier alpha value is -1.09. The van der Waals surface area contributed by atoms with Gasteiger partial charge in [-0.3, -0.25) is 4.79 Å². The van der Waals surface area contributed by atoms with E-state index in [1.807, 2.05) is 29.9 Å². The second-order valence-corrected chi connectivity index (χ2v) is 5.58. The molecule has 1 atom stereocenters. The number of rotatable bonds is 5. The fourth-order valence-corrected chi connectivity index (χ4v) is 1.99. The van der Waals surface area contributed by atoms with Crippen LogP contribution in [0.5, 0.6) is 0 Å². The maximum atomic E-state index is 11.9. The lowest BCUT2D eigenvalue weighted by Crippen LogP contribution is -2.33. The van der Waals surface area contributed by atoms with Crippen LogP contribution in [0.4, 0.5) is 0 Å². The van der Waals surface area contributed by atoms with Crippen molar-refractivity contribution in [2.75, 3.05) is 0 Å². The summed E-state index contributed by atoms with van der Waals surface area (Å²) in [7, 11) is 1.99. The summed E-state index contributed by atoms with van der Waals surface area (Å²) < 4.78 is 2.04. The summed E-state index contributed by atoms with van der Waals surface area (Å²) in [5.41, 5.74) is -0.0872. The van der Waals surface area contributed by atoms with E-state index < -0.39 is 5.60 Å². The molecule has 1 N–H and O–H groups in total. The van der Waals surface area contributed by atoms with Gasteiger partial charge in [0.2, 0.25) is 0 Å². The van der Waals surface area contributed by atoms with E-state index in [-0.39, 0.29) is 11.7 Å². The average molecular weight is 237 g/mol. The fraction of sp³-hybridized carbons (Fsp3) is 0.643. The van der Waals surface area contributed by atoms with Crippen LogP contribution in [0.15, 0.2) is 18.3 Å². The molecule has 0 aromatic carbocycles. The normalized spacial score (nSPS) is 14.1. The Labute approximate surface area is 103 Å². The molecule has 0 saturated heterocycles. The number of aryl methyl sites for hydroxylation is 1. The van der Waals surface area contributed by atoms with E-state index in [9.17, 15) is 9.90 Å². The van der Waals surface area contributed by atoms with Gasteiger partial charge in [-0.15, -0.1) is 0 Å². The summed E-state index contributed by atoms with van der Waals surface area (Å²) in [6, 6.07) is 4.03. The highest BCUT2D eigenvalue weighted by atomic mass is 16.3. The highest BCUT2D eigenvalue weighted by molar-refractivity contribution is 5.86. The third kappa shape index (κ3) is 3.43. The van der Waals surface area contributed by atoms with Crippen molar-refractivity contribution in [3.63, 3.8) is 0 Å². The van der Waals surface area contributed by atoms with Crippen molar-refractivity contribution >= 4 is 5.78 Å². The summed E-state index contributed by atoms with van der Waals surface area (Å²) in [6.45, 7) is 7.32. The summed E-state index contributed by atoms with van der Waals surface area (Å²) in [6.07, 6.45) is 2.37. The van der Waals surface area contributed by atoms with Gasteiger partial charge >= 0.3 is 0 Å². The molecule has 0 fully saturated rings. The number of hydrogen-bond acceptors (Lipinski definition) is 2. The average Bonchev–Trinajstić information content (AvgIpc) is 2.58. The Kier molecular flexibility index (Phi) is 4.15. The van der Waals surface area contributed by atoms with Crippen LogP contribution in [0.1, 0.15) is 45.7 Å². The SMILES string of the molecule is CC(C)[C@H](CC(=O)C(C)(C)O)c1cccn1C. The molecule has 1 aromatic heterocycles. The first-order chi connectivity index (χ1) is 7.73. The molecular formula is C14H23NO2. The van der Waals surface area contributed by atoms with Crippen LogP contribution >= 0.6 is 0 Å².